The zero-order valence-electron chi connectivity index (χ0n) is 17.4. The van der Waals surface area contributed by atoms with Crippen LogP contribution < -0.4 is 14.8 Å². The summed E-state index contributed by atoms with van der Waals surface area (Å²) in [6.07, 6.45) is 1.74. The Morgan fingerprint density at radius 1 is 1.20 bits per heavy atom. The quantitative estimate of drug-likeness (QED) is 0.735. The number of carbonyl (C=O) groups excluding carboxylic acids is 2. The van der Waals surface area contributed by atoms with Gasteiger partial charge < -0.3 is 19.7 Å². The number of benzene rings is 2. The highest BCUT2D eigenvalue weighted by atomic mass is 32.2. The van der Waals surface area contributed by atoms with Crippen LogP contribution in [0.3, 0.4) is 0 Å². The van der Waals surface area contributed by atoms with Crippen LogP contribution in [-0.2, 0) is 11.2 Å². The van der Waals surface area contributed by atoms with Crippen LogP contribution >= 0.6 is 11.8 Å². The third-order valence-electron chi connectivity index (χ3n) is 5.69. The number of ether oxygens (including phenoxy) is 2. The van der Waals surface area contributed by atoms with Crippen LogP contribution in [0, 0.1) is 0 Å². The van der Waals surface area contributed by atoms with Crippen molar-refractivity contribution in [2.24, 2.45) is 0 Å². The van der Waals surface area contributed by atoms with Gasteiger partial charge in [0.25, 0.3) is 5.91 Å². The van der Waals surface area contributed by atoms with Crippen molar-refractivity contribution in [2.45, 2.75) is 37.2 Å². The fourth-order valence-electron chi connectivity index (χ4n) is 4.13. The largest absolute Gasteiger partial charge is 0.493 e. The topological polar surface area (TPSA) is 67.9 Å². The summed E-state index contributed by atoms with van der Waals surface area (Å²) in [6, 6.07) is 13.5. The van der Waals surface area contributed by atoms with Gasteiger partial charge in [-0.15, -0.1) is 11.8 Å². The number of rotatable bonds is 7. The molecule has 158 valence electrons. The van der Waals surface area contributed by atoms with Crippen LogP contribution in [0.25, 0.3) is 0 Å². The van der Waals surface area contributed by atoms with E-state index in [4.69, 9.17) is 9.47 Å². The van der Waals surface area contributed by atoms with Crippen molar-refractivity contribution < 1.29 is 19.1 Å². The molecule has 2 aliphatic heterocycles. The molecule has 1 fully saturated rings. The average molecular weight is 427 g/mol. The second kappa shape index (κ2) is 8.60. The van der Waals surface area contributed by atoms with Gasteiger partial charge in [-0.1, -0.05) is 36.4 Å². The first-order valence-electron chi connectivity index (χ1n) is 10.1. The van der Waals surface area contributed by atoms with Crippen molar-refractivity contribution in [1.82, 2.24) is 10.2 Å². The molecule has 1 N–H and O–H groups in total. The predicted molar refractivity (Wildman–Crippen MR) is 117 cm³/mol. The number of methoxy groups -OCH3 is 2. The molecule has 2 heterocycles. The van der Waals surface area contributed by atoms with Crippen molar-refractivity contribution in [3.63, 3.8) is 0 Å². The lowest BCUT2D eigenvalue weighted by atomic mass is 10.1. The summed E-state index contributed by atoms with van der Waals surface area (Å²) in [5, 5.41) is 2.94. The molecule has 0 saturated carbocycles. The Balaban J connectivity index is 1.45. The molecule has 0 unspecified atom stereocenters. The molecule has 0 aromatic heterocycles. The lowest BCUT2D eigenvalue weighted by Crippen LogP contribution is -2.48. The highest BCUT2D eigenvalue weighted by Crippen LogP contribution is 2.52. The summed E-state index contributed by atoms with van der Waals surface area (Å²) in [4.78, 5) is 27.9. The SMILES string of the molecule is COc1ccc2c(c1OC)C(=O)N1[C@H](C(=O)N[C@@H](C)CCc3ccccc3)CS[C@@H]21. The Morgan fingerprint density at radius 2 is 1.97 bits per heavy atom. The maximum Gasteiger partial charge on any atom is 0.260 e. The molecular formula is C23H26N2O4S. The maximum absolute atomic E-state index is 13.2. The lowest BCUT2D eigenvalue weighted by molar-refractivity contribution is -0.125. The molecular weight excluding hydrogens is 400 g/mol. The van der Waals surface area contributed by atoms with E-state index >= 15 is 0 Å². The van der Waals surface area contributed by atoms with Gasteiger partial charge in [-0.25, -0.2) is 0 Å². The van der Waals surface area contributed by atoms with Crippen LogP contribution in [0.4, 0.5) is 0 Å². The Hall–Kier alpha value is -2.67. The molecule has 7 heteroatoms. The number of hydrogen-bond donors (Lipinski definition) is 1. The summed E-state index contributed by atoms with van der Waals surface area (Å²) in [5.41, 5.74) is 2.64. The first-order chi connectivity index (χ1) is 14.5. The molecule has 3 atom stereocenters. The van der Waals surface area contributed by atoms with Crippen LogP contribution in [0.1, 0.15) is 40.2 Å². The Bertz CT molecular complexity index is 950. The van der Waals surface area contributed by atoms with Crippen LogP contribution in [0.15, 0.2) is 42.5 Å². The van der Waals surface area contributed by atoms with E-state index in [2.05, 4.69) is 17.4 Å². The minimum absolute atomic E-state index is 0.0245. The Morgan fingerprint density at radius 3 is 2.67 bits per heavy atom. The molecule has 0 aliphatic carbocycles. The lowest BCUT2D eigenvalue weighted by Gasteiger charge is -2.24. The third-order valence-corrected chi connectivity index (χ3v) is 7.00. The summed E-state index contributed by atoms with van der Waals surface area (Å²) < 4.78 is 10.8. The molecule has 0 radical (unpaired) electrons. The van der Waals surface area contributed by atoms with Crippen molar-refractivity contribution in [3.8, 4) is 11.5 Å². The minimum Gasteiger partial charge on any atom is -0.493 e. The first kappa shape index (κ1) is 20.6. The van der Waals surface area contributed by atoms with Crippen molar-refractivity contribution in [2.75, 3.05) is 20.0 Å². The monoisotopic (exact) mass is 426 g/mol. The van der Waals surface area contributed by atoms with E-state index in [-0.39, 0.29) is 23.2 Å². The molecule has 30 heavy (non-hydrogen) atoms. The van der Waals surface area contributed by atoms with Crippen molar-refractivity contribution in [1.29, 1.82) is 0 Å². The molecule has 2 aliphatic rings. The minimum atomic E-state index is -0.491. The van der Waals surface area contributed by atoms with Gasteiger partial charge in [-0.2, -0.15) is 0 Å². The Labute approximate surface area is 180 Å². The number of hydrogen-bond acceptors (Lipinski definition) is 5. The van der Waals surface area contributed by atoms with E-state index in [0.717, 1.165) is 18.4 Å². The molecule has 0 spiro atoms. The number of carbonyl (C=O) groups is 2. The first-order valence-corrected chi connectivity index (χ1v) is 11.1. The summed E-state index contributed by atoms with van der Waals surface area (Å²) in [6.45, 7) is 2.01. The number of thioether (sulfide) groups is 1. The predicted octanol–water partition coefficient (Wildman–Crippen LogP) is 3.41. The number of nitrogens with zero attached hydrogens (tertiary/aromatic N) is 1. The summed E-state index contributed by atoms with van der Waals surface area (Å²) in [5.74, 6) is 1.27. The van der Waals surface area contributed by atoms with Gasteiger partial charge in [0.1, 0.15) is 11.4 Å². The van der Waals surface area contributed by atoms with E-state index in [0.29, 0.717) is 22.8 Å². The maximum atomic E-state index is 13.2. The van der Waals surface area contributed by atoms with Gasteiger partial charge >= 0.3 is 0 Å². The highest BCUT2D eigenvalue weighted by Gasteiger charge is 2.50. The average Bonchev–Trinajstić information content (AvgIpc) is 3.32. The smallest absolute Gasteiger partial charge is 0.260 e. The number of amides is 2. The molecule has 2 amide bonds. The number of fused-ring (bicyclic) bond motifs is 3. The van der Waals surface area contributed by atoms with Gasteiger partial charge in [-0.3, -0.25) is 9.59 Å². The molecule has 2 aromatic rings. The van der Waals surface area contributed by atoms with Crippen molar-refractivity contribution in [3.05, 3.63) is 59.2 Å². The standard InChI is InChI=1S/C23H26N2O4S/c1-14(9-10-15-7-5-4-6-8-15)24-21(26)17-13-30-23-16-11-12-18(28-2)20(29-3)19(16)22(27)25(17)23/h4-8,11-12,14,17,23H,9-10,13H2,1-3H3,(H,24,26)/t14-,17-,23-/m0/s1. The second-order valence-corrected chi connectivity index (χ2v) is 8.73. The summed E-state index contributed by atoms with van der Waals surface area (Å²) >= 11 is 1.61. The van der Waals surface area contributed by atoms with Gasteiger partial charge in [0.05, 0.1) is 19.8 Å². The van der Waals surface area contributed by atoms with E-state index < -0.39 is 6.04 Å². The molecule has 6 nitrogen and oxygen atoms in total. The molecule has 0 bridgehead atoms. The van der Waals surface area contributed by atoms with E-state index in [9.17, 15) is 9.59 Å². The molecule has 1 saturated heterocycles. The van der Waals surface area contributed by atoms with Gasteiger partial charge in [0.15, 0.2) is 11.5 Å². The fraction of sp³-hybridized carbons (Fsp3) is 0.391. The van der Waals surface area contributed by atoms with Gasteiger partial charge in [0, 0.05) is 17.4 Å². The van der Waals surface area contributed by atoms with Gasteiger partial charge in [0.2, 0.25) is 5.91 Å². The molecule has 2 aromatic carbocycles. The Kier molecular flexibility index (Phi) is 5.90. The van der Waals surface area contributed by atoms with Crippen molar-refractivity contribution >= 4 is 23.6 Å². The van der Waals surface area contributed by atoms with Crippen LogP contribution in [0.5, 0.6) is 11.5 Å². The zero-order chi connectivity index (χ0) is 21.3. The summed E-state index contributed by atoms with van der Waals surface area (Å²) in [7, 11) is 3.08. The number of nitrogens with one attached hydrogen (secondary N) is 1. The zero-order valence-corrected chi connectivity index (χ0v) is 18.2. The van der Waals surface area contributed by atoms with E-state index in [1.807, 2.05) is 37.3 Å². The highest BCUT2D eigenvalue weighted by molar-refractivity contribution is 7.99. The fourth-order valence-corrected chi connectivity index (χ4v) is 5.59. The van der Waals surface area contributed by atoms with Crippen LogP contribution in [0.2, 0.25) is 0 Å². The van der Waals surface area contributed by atoms with E-state index in [1.165, 1.54) is 12.7 Å². The molecule has 4 rings (SSSR count). The number of aryl methyl sites for hydroxylation is 1. The van der Waals surface area contributed by atoms with Gasteiger partial charge in [-0.05, 0) is 31.4 Å². The van der Waals surface area contributed by atoms with E-state index in [1.54, 1.807) is 23.8 Å². The second-order valence-electron chi connectivity index (χ2n) is 7.61. The normalized spacial score (nSPS) is 20.5. The third kappa shape index (κ3) is 3.62. The van der Waals surface area contributed by atoms with Crippen LogP contribution in [-0.4, -0.2) is 48.8 Å².